The summed E-state index contributed by atoms with van der Waals surface area (Å²) in [5.74, 6) is 0. The van der Waals surface area contributed by atoms with E-state index < -0.39 is 30.9 Å². The van der Waals surface area contributed by atoms with Crippen LogP contribution in [0.15, 0.2) is 0 Å². The first-order chi connectivity index (χ1) is 5.04. The lowest BCUT2D eigenvalue weighted by Gasteiger charge is -2.15. The summed E-state index contributed by atoms with van der Waals surface area (Å²) in [6.45, 7) is 0. The molecule has 0 unspecified atom stereocenters. The molecule has 0 saturated carbocycles. The first-order valence-electron chi connectivity index (χ1n) is 3.10. The van der Waals surface area contributed by atoms with Crippen LogP contribution < -0.4 is 0 Å². The molecule has 6 heteroatoms. The van der Waals surface area contributed by atoms with Gasteiger partial charge >= 0.3 is 0 Å². The van der Waals surface area contributed by atoms with Gasteiger partial charge in [-0.05, 0) is 0 Å². The minimum absolute atomic E-state index is 1.35. The van der Waals surface area contributed by atoms with Gasteiger partial charge in [0, 0.05) is 0 Å². The second-order valence-corrected chi connectivity index (χ2v) is 2.39. The predicted molar refractivity (Wildman–Crippen MR) is 31.1 cm³/mol. The summed E-state index contributed by atoms with van der Waals surface area (Å²) in [6.07, 6.45) is -7.76. The van der Waals surface area contributed by atoms with E-state index in [0.29, 0.717) is 0 Å². The highest BCUT2D eigenvalue weighted by atomic mass is 16.7. The normalized spacial score (nSPS) is 45.3. The van der Waals surface area contributed by atoms with Gasteiger partial charge in [-0.15, -0.1) is 0 Å². The van der Waals surface area contributed by atoms with Crippen LogP contribution in [0.5, 0.6) is 0 Å². The summed E-state index contributed by atoms with van der Waals surface area (Å²) in [6, 6.07) is 0. The molecule has 0 bridgehead atoms. The Bertz CT molecular complexity index is 137. The number of aliphatic hydroxyl groups excluding tert-OH is 4. The largest absolute Gasteiger partial charge is 0.387 e. The molecule has 1 saturated heterocycles. The second kappa shape index (κ2) is 3.02. The summed E-state index contributed by atoms with van der Waals surface area (Å²) >= 11 is 0. The monoisotopic (exact) mass is 166 g/mol. The number of rotatable bonds is 1. The van der Waals surface area contributed by atoms with Gasteiger partial charge in [-0.25, -0.2) is 0 Å². The molecule has 1 aliphatic heterocycles. The van der Waals surface area contributed by atoms with Gasteiger partial charge in [0.1, 0.15) is 18.3 Å². The average Bonchev–Trinajstić information content (AvgIpc) is 2.17. The zero-order valence-corrected chi connectivity index (χ0v) is 5.53. The van der Waals surface area contributed by atoms with E-state index in [9.17, 15) is 0 Å². The Morgan fingerprint density at radius 3 is 1.73 bits per heavy atom. The summed E-state index contributed by atoms with van der Waals surface area (Å²) in [7, 11) is 0. The summed E-state index contributed by atoms with van der Waals surface area (Å²) < 4.78 is 4.40. The van der Waals surface area contributed by atoms with Gasteiger partial charge in [0.15, 0.2) is 12.6 Å². The maximum atomic E-state index is 8.94. The molecular formula is C5H10O6. The molecule has 0 aromatic rings. The van der Waals surface area contributed by atoms with E-state index in [0.717, 1.165) is 0 Å². The number of aliphatic hydroxyl groups is 5. The Balaban J connectivity index is 2.59. The molecule has 6 nitrogen and oxygen atoms in total. The Labute approximate surface area is 62.3 Å². The summed E-state index contributed by atoms with van der Waals surface area (Å²) in [5.41, 5.74) is 0. The molecule has 0 spiro atoms. The molecule has 0 aromatic heterocycles. The first kappa shape index (κ1) is 8.85. The van der Waals surface area contributed by atoms with Crippen molar-refractivity contribution >= 4 is 0 Å². The second-order valence-electron chi connectivity index (χ2n) is 2.39. The van der Waals surface area contributed by atoms with Crippen molar-refractivity contribution in [2.24, 2.45) is 0 Å². The zero-order valence-electron chi connectivity index (χ0n) is 5.53. The maximum absolute atomic E-state index is 8.94. The van der Waals surface area contributed by atoms with Crippen LogP contribution in [-0.2, 0) is 4.74 Å². The van der Waals surface area contributed by atoms with Crippen LogP contribution in [0.3, 0.4) is 0 Å². The molecule has 0 amide bonds. The maximum Gasteiger partial charge on any atom is 0.184 e. The van der Waals surface area contributed by atoms with Crippen LogP contribution in [0.25, 0.3) is 0 Å². The topological polar surface area (TPSA) is 110 Å². The molecule has 11 heavy (non-hydrogen) atoms. The van der Waals surface area contributed by atoms with Gasteiger partial charge < -0.3 is 30.3 Å². The van der Waals surface area contributed by atoms with E-state index in [1.165, 1.54) is 0 Å². The molecule has 1 rings (SSSR count). The van der Waals surface area contributed by atoms with Gasteiger partial charge in [-0.3, -0.25) is 0 Å². The van der Waals surface area contributed by atoms with Crippen LogP contribution in [0.2, 0.25) is 0 Å². The lowest BCUT2D eigenvalue weighted by atomic mass is 10.1. The molecule has 66 valence electrons. The number of hydrogen-bond acceptors (Lipinski definition) is 6. The highest BCUT2D eigenvalue weighted by Gasteiger charge is 2.44. The molecular weight excluding hydrogens is 156 g/mol. The SMILES string of the molecule is OC(O)[C@@H]1O[C@@H](O)[C@@H](O)[C@H]1O. The fourth-order valence-corrected chi connectivity index (χ4v) is 0.932. The van der Waals surface area contributed by atoms with Gasteiger partial charge in [0.2, 0.25) is 0 Å². The van der Waals surface area contributed by atoms with Crippen molar-refractivity contribution in [2.45, 2.75) is 30.9 Å². The molecule has 4 atom stereocenters. The van der Waals surface area contributed by atoms with Crippen molar-refractivity contribution in [2.75, 3.05) is 0 Å². The Morgan fingerprint density at radius 1 is 1.00 bits per heavy atom. The van der Waals surface area contributed by atoms with E-state index >= 15 is 0 Å². The van der Waals surface area contributed by atoms with E-state index in [1.54, 1.807) is 0 Å². The summed E-state index contributed by atoms with van der Waals surface area (Å²) in [4.78, 5) is 0. The third-order valence-corrected chi connectivity index (χ3v) is 1.57. The average molecular weight is 166 g/mol. The van der Waals surface area contributed by atoms with Crippen molar-refractivity contribution < 1.29 is 30.3 Å². The quantitative estimate of drug-likeness (QED) is 0.261. The minimum atomic E-state index is -1.91. The summed E-state index contributed by atoms with van der Waals surface area (Å²) in [5, 5.41) is 43.5. The predicted octanol–water partition coefficient (Wildman–Crippen LogP) is -3.26. The van der Waals surface area contributed by atoms with Gasteiger partial charge in [0.25, 0.3) is 0 Å². The van der Waals surface area contributed by atoms with E-state index in [2.05, 4.69) is 4.74 Å². The van der Waals surface area contributed by atoms with E-state index in [-0.39, 0.29) is 0 Å². The molecule has 0 radical (unpaired) electrons. The van der Waals surface area contributed by atoms with Gasteiger partial charge in [0.05, 0.1) is 0 Å². The third kappa shape index (κ3) is 1.51. The first-order valence-corrected chi connectivity index (χ1v) is 3.10. The number of hydrogen-bond donors (Lipinski definition) is 5. The van der Waals surface area contributed by atoms with Crippen LogP contribution in [0.4, 0.5) is 0 Å². The molecule has 1 fully saturated rings. The van der Waals surface area contributed by atoms with Gasteiger partial charge in [-0.2, -0.15) is 0 Å². The molecule has 5 N–H and O–H groups in total. The van der Waals surface area contributed by atoms with Crippen molar-refractivity contribution in [3.63, 3.8) is 0 Å². The molecule has 0 aliphatic carbocycles. The Hall–Kier alpha value is -0.240. The fraction of sp³-hybridized carbons (Fsp3) is 1.00. The van der Waals surface area contributed by atoms with Crippen molar-refractivity contribution in [3.05, 3.63) is 0 Å². The molecule has 1 aliphatic rings. The Kier molecular flexibility index (Phi) is 2.43. The van der Waals surface area contributed by atoms with Crippen LogP contribution in [0, 0.1) is 0 Å². The van der Waals surface area contributed by atoms with Crippen LogP contribution in [0.1, 0.15) is 0 Å². The highest BCUT2D eigenvalue weighted by Crippen LogP contribution is 2.20. The minimum Gasteiger partial charge on any atom is -0.387 e. The van der Waals surface area contributed by atoms with Crippen molar-refractivity contribution in [1.82, 2.24) is 0 Å². The third-order valence-electron chi connectivity index (χ3n) is 1.57. The highest BCUT2D eigenvalue weighted by molar-refractivity contribution is 4.86. The number of ether oxygens (including phenoxy) is 1. The van der Waals surface area contributed by atoms with E-state index in [4.69, 9.17) is 25.5 Å². The van der Waals surface area contributed by atoms with E-state index in [1.807, 2.05) is 0 Å². The van der Waals surface area contributed by atoms with Crippen molar-refractivity contribution in [3.8, 4) is 0 Å². The Morgan fingerprint density at radius 2 is 1.55 bits per heavy atom. The molecule has 0 aromatic carbocycles. The van der Waals surface area contributed by atoms with Crippen molar-refractivity contribution in [1.29, 1.82) is 0 Å². The zero-order chi connectivity index (χ0) is 8.59. The lowest BCUT2D eigenvalue weighted by molar-refractivity contribution is -0.191. The molecule has 1 heterocycles. The van der Waals surface area contributed by atoms with Crippen LogP contribution >= 0.6 is 0 Å². The van der Waals surface area contributed by atoms with Gasteiger partial charge in [-0.1, -0.05) is 0 Å². The smallest absolute Gasteiger partial charge is 0.184 e. The van der Waals surface area contributed by atoms with Crippen LogP contribution in [-0.4, -0.2) is 56.4 Å². The lowest BCUT2D eigenvalue weighted by Crippen LogP contribution is -2.38. The fourth-order valence-electron chi connectivity index (χ4n) is 0.932. The standard InChI is InChI=1S/C5H10O6/c6-1-2(7)5(10)11-3(1)4(8)9/h1-10H/t1-,2+,3-,5-/m1/s1.